The number of benzene rings is 3. The summed E-state index contributed by atoms with van der Waals surface area (Å²) < 4.78 is 11.0. The summed E-state index contributed by atoms with van der Waals surface area (Å²) in [5.74, 6) is -0.417. The molecule has 0 aromatic heterocycles. The summed E-state index contributed by atoms with van der Waals surface area (Å²) in [6.45, 7) is 3.63. The molecule has 0 saturated carbocycles. The maximum atomic E-state index is 12.9. The van der Waals surface area contributed by atoms with Crippen LogP contribution in [0.3, 0.4) is 0 Å². The Morgan fingerprint density at radius 1 is 1.03 bits per heavy atom. The van der Waals surface area contributed by atoms with Gasteiger partial charge in [0.15, 0.2) is 11.5 Å². The molecule has 0 atom stereocenters. The van der Waals surface area contributed by atoms with Crippen molar-refractivity contribution in [3.05, 3.63) is 86.4 Å². The molecule has 10 heteroatoms. The Balaban J connectivity index is 1.75. The largest absolute Gasteiger partial charge is 0.493 e. The van der Waals surface area contributed by atoms with E-state index in [-0.39, 0.29) is 46.0 Å². The molecule has 9 nitrogen and oxygen atoms in total. The minimum atomic E-state index is -0.607. The smallest absolute Gasteiger partial charge is 0.313 e. The standard InChI is InChI=1S/C25H24ClN3O6/c1-15-6-5-7-16(2)24(15)27-23(30)14-28(3)25(31)17-8-10-21(22(12-17)34-4)35-20-11-9-18(26)13-19(20)29(32)33/h5-13H,14H2,1-4H3,(H,27,30). The maximum Gasteiger partial charge on any atom is 0.313 e. The number of nitrogens with one attached hydrogen (secondary N) is 1. The Labute approximate surface area is 207 Å². The monoisotopic (exact) mass is 497 g/mol. The normalized spacial score (nSPS) is 10.4. The predicted molar refractivity (Wildman–Crippen MR) is 133 cm³/mol. The van der Waals surface area contributed by atoms with Gasteiger partial charge in [-0.15, -0.1) is 0 Å². The number of carbonyl (C=O) groups is 2. The lowest BCUT2D eigenvalue weighted by molar-refractivity contribution is -0.385. The van der Waals surface area contributed by atoms with Crippen LogP contribution in [0.1, 0.15) is 21.5 Å². The fourth-order valence-corrected chi connectivity index (χ4v) is 3.59. The van der Waals surface area contributed by atoms with E-state index in [1.165, 1.54) is 55.5 Å². The molecule has 3 aromatic carbocycles. The second-order valence-corrected chi connectivity index (χ2v) is 8.25. The van der Waals surface area contributed by atoms with E-state index in [0.717, 1.165) is 16.8 Å². The third-order valence-corrected chi connectivity index (χ3v) is 5.46. The molecular formula is C25H24ClN3O6. The summed E-state index contributed by atoms with van der Waals surface area (Å²) in [5.41, 5.74) is 2.51. The average molecular weight is 498 g/mol. The molecule has 0 bridgehead atoms. The first-order chi connectivity index (χ1) is 16.6. The van der Waals surface area contributed by atoms with Crippen LogP contribution in [0.2, 0.25) is 5.02 Å². The number of aryl methyl sites for hydroxylation is 2. The Morgan fingerprint density at radius 3 is 2.31 bits per heavy atom. The van der Waals surface area contributed by atoms with Crippen LogP contribution in [0.15, 0.2) is 54.6 Å². The van der Waals surface area contributed by atoms with Crippen molar-refractivity contribution in [1.82, 2.24) is 4.90 Å². The number of likely N-dealkylation sites (N-methyl/N-ethyl adjacent to an activating group) is 1. The van der Waals surface area contributed by atoms with Gasteiger partial charge in [-0.2, -0.15) is 0 Å². The van der Waals surface area contributed by atoms with Gasteiger partial charge < -0.3 is 19.7 Å². The van der Waals surface area contributed by atoms with Crippen molar-refractivity contribution in [2.24, 2.45) is 0 Å². The number of ether oxygens (including phenoxy) is 2. The number of carbonyl (C=O) groups excluding carboxylic acids is 2. The topological polar surface area (TPSA) is 111 Å². The minimum absolute atomic E-state index is 0.0305. The van der Waals surface area contributed by atoms with Crippen LogP contribution in [0.4, 0.5) is 11.4 Å². The molecule has 0 unspecified atom stereocenters. The minimum Gasteiger partial charge on any atom is -0.493 e. The van der Waals surface area contributed by atoms with Gasteiger partial charge in [-0.3, -0.25) is 19.7 Å². The van der Waals surface area contributed by atoms with Crippen LogP contribution in [-0.2, 0) is 4.79 Å². The zero-order valence-electron chi connectivity index (χ0n) is 19.6. The zero-order chi connectivity index (χ0) is 25.7. The molecule has 3 rings (SSSR count). The molecule has 0 radical (unpaired) electrons. The highest BCUT2D eigenvalue weighted by molar-refractivity contribution is 6.30. The Morgan fingerprint density at radius 2 is 1.69 bits per heavy atom. The van der Waals surface area contributed by atoms with Crippen LogP contribution in [0, 0.1) is 24.0 Å². The highest BCUT2D eigenvalue weighted by Gasteiger charge is 2.21. The number of halogens is 1. The fraction of sp³-hybridized carbons (Fsp3) is 0.200. The number of nitrogens with zero attached hydrogens (tertiary/aromatic N) is 2. The molecule has 0 spiro atoms. The van der Waals surface area contributed by atoms with Crippen molar-refractivity contribution >= 4 is 34.8 Å². The second kappa shape index (κ2) is 10.9. The maximum absolute atomic E-state index is 12.9. The lowest BCUT2D eigenvalue weighted by Gasteiger charge is -2.19. The van der Waals surface area contributed by atoms with E-state index in [9.17, 15) is 19.7 Å². The molecule has 1 N–H and O–H groups in total. The molecule has 0 aliphatic heterocycles. The highest BCUT2D eigenvalue weighted by atomic mass is 35.5. The third kappa shape index (κ3) is 6.07. The number of rotatable bonds is 8. The van der Waals surface area contributed by atoms with E-state index in [0.29, 0.717) is 0 Å². The molecule has 0 fully saturated rings. The number of nitro benzene ring substituents is 1. The Bertz CT molecular complexity index is 1270. The van der Waals surface area contributed by atoms with Crippen molar-refractivity contribution in [3.8, 4) is 17.2 Å². The van der Waals surface area contributed by atoms with E-state index >= 15 is 0 Å². The van der Waals surface area contributed by atoms with Crippen LogP contribution in [-0.4, -0.2) is 42.3 Å². The van der Waals surface area contributed by atoms with E-state index in [1.54, 1.807) is 0 Å². The summed E-state index contributed by atoms with van der Waals surface area (Å²) >= 11 is 5.85. The zero-order valence-corrected chi connectivity index (χ0v) is 20.4. The van der Waals surface area contributed by atoms with Crippen LogP contribution < -0.4 is 14.8 Å². The summed E-state index contributed by atoms with van der Waals surface area (Å²) in [6, 6.07) is 14.1. The number of hydrogen-bond acceptors (Lipinski definition) is 6. The van der Waals surface area contributed by atoms with E-state index in [4.69, 9.17) is 21.1 Å². The number of anilines is 1. The quantitative estimate of drug-likeness (QED) is 0.330. The van der Waals surface area contributed by atoms with Gasteiger partial charge >= 0.3 is 5.69 Å². The number of nitro groups is 1. The molecule has 35 heavy (non-hydrogen) atoms. The summed E-state index contributed by atoms with van der Waals surface area (Å²) in [7, 11) is 2.90. The van der Waals surface area contributed by atoms with Crippen LogP contribution in [0.5, 0.6) is 17.2 Å². The van der Waals surface area contributed by atoms with Crippen molar-refractivity contribution < 1.29 is 24.0 Å². The number of hydrogen-bond donors (Lipinski definition) is 1. The first-order valence-corrected chi connectivity index (χ1v) is 10.9. The van der Waals surface area contributed by atoms with Crippen molar-refractivity contribution in [3.63, 3.8) is 0 Å². The SMILES string of the molecule is COc1cc(C(=O)N(C)CC(=O)Nc2c(C)cccc2C)ccc1Oc1ccc(Cl)cc1[N+](=O)[O-]. The molecule has 0 heterocycles. The predicted octanol–water partition coefficient (Wildman–Crippen LogP) is 5.38. The average Bonchev–Trinajstić information content (AvgIpc) is 2.82. The van der Waals surface area contributed by atoms with Crippen LogP contribution in [0.25, 0.3) is 0 Å². The van der Waals surface area contributed by atoms with Crippen molar-refractivity contribution in [2.75, 3.05) is 26.0 Å². The number of para-hydroxylation sites is 1. The highest BCUT2D eigenvalue weighted by Crippen LogP contribution is 2.38. The second-order valence-electron chi connectivity index (χ2n) is 7.81. The molecule has 182 valence electrons. The summed E-state index contributed by atoms with van der Waals surface area (Å²) in [5, 5.41) is 14.4. The van der Waals surface area contributed by atoms with Crippen molar-refractivity contribution in [2.45, 2.75) is 13.8 Å². The fourth-order valence-electron chi connectivity index (χ4n) is 3.42. The van der Waals surface area contributed by atoms with E-state index in [1.807, 2.05) is 32.0 Å². The third-order valence-electron chi connectivity index (χ3n) is 5.22. The lowest BCUT2D eigenvalue weighted by Crippen LogP contribution is -2.35. The van der Waals surface area contributed by atoms with Crippen molar-refractivity contribution in [1.29, 1.82) is 0 Å². The van der Waals surface area contributed by atoms with Gasteiger partial charge in [0.05, 0.1) is 18.6 Å². The first kappa shape index (κ1) is 25.5. The van der Waals surface area contributed by atoms with Gasteiger partial charge in [-0.05, 0) is 55.3 Å². The van der Waals surface area contributed by atoms with Gasteiger partial charge in [0.2, 0.25) is 11.7 Å². The molecule has 2 amide bonds. The van der Waals surface area contributed by atoms with Gasteiger partial charge in [0.1, 0.15) is 0 Å². The summed E-state index contributed by atoms with van der Waals surface area (Å²) in [4.78, 5) is 37.5. The Kier molecular flexibility index (Phi) is 7.93. The molecule has 0 aliphatic carbocycles. The van der Waals surface area contributed by atoms with E-state index in [2.05, 4.69) is 5.32 Å². The first-order valence-electron chi connectivity index (χ1n) is 10.5. The van der Waals surface area contributed by atoms with Gasteiger partial charge in [0.25, 0.3) is 5.91 Å². The molecular weight excluding hydrogens is 474 g/mol. The lowest BCUT2D eigenvalue weighted by atomic mass is 10.1. The van der Waals surface area contributed by atoms with Gasteiger partial charge in [-0.25, -0.2) is 0 Å². The molecule has 0 saturated heterocycles. The van der Waals surface area contributed by atoms with Gasteiger partial charge in [0, 0.05) is 29.4 Å². The number of methoxy groups -OCH3 is 1. The molecule has 0 aliphatic rings. The van der Waals surface area contributed by atoms with Gasteiger partial charge in [-0.1, -0.05) is 29.8 Å². The van der Waals surface area contributed by atoms with Crippen LogP contribution >= 0.6 is 11.6 Å². The van der Waals surface area contributed by atoms with E-state index < -0.39 is 10.8 Å². The number of amides is 2. The Hall–Kier alpha value is -4.11. The summed E-state index contributed by atoms with van der Waals surface area (Å²) in [6.07, 6.45) is 0. The molecule has 3 aromatic rings.